The first-order valence-corrected chi connectivity index (χ1v) is 7.07. The van der Waals surface area contributed by atoms with Crippen LogP contribution in [-0.2, 0) is 9.53 Å². The van der Waals surface area contributed by atoms with Gasteiger partial charge in [0.1, 0.15) is 0 Å². The maximum absolute atomic E-state index is 11.0. The van der Waals surface area contributed by atoms with E-state index in [-0.39, 0.29) is 12.6 Å². The first kappa shape index (κ1) is 14.7. The summed E-state index contributed by atoms with van der Waals surface area (Å²) in [6.45, 7) is 9.46. The molecule has 2 N–H and O–H groups in total. The fourth-order valence-corrected chi connectivity index (χ4v) is 2.88. The van der Waals surface area contributed by atoms with E-state index in [1.165, 1.54) is 0 Å². The average molecular weight is 271 g/mol. The molecule has 2 heterocycles. The van der Waals surface area contributed by atoms with Crippen molar-refractivity contribution in [1.82, 2.24) is 15.1 Å². The Morgan fingerprint density at radius 2 is 2.21 bits per heavy atom. The predicted octanol–water partition coefficient (Wildman–Crippen LogP) is -0.546. The summed E-state index contributed by atoms with van der Waals surface area (Å²) in [5.41, 5.74) is 0. The Hall–Kier alpha value is -0.690. The maximum Gasteiger partial charge on any atom is 0.317 e. The zero-order valence-electron chi connectivity index (χ0n) is 11.8. The summed E-state index contributed by atoms with van der Waals surface area (Å²) < 4.78 is 5.44. The number of hydrogen-bond acceptors (Lipinski definition) is 5. The van der Waals surface area contributed by atoms with Gasteiger partial charge in [0.25, 0.3) is 0 Å². The summed E-state index contributed by atoms with van der Waals surface area (Å²) in [6, 6.07) is 1.05. The molecule has 0 spiro atoms. The quantitative estimate of drug-likeness (QED) is 0.715. The van der Waals surface area contributed by atoms with Crippen molar-refractivity contribution >= 4 is 5.97 Å². The Morgan fingerprint density at radius 1 is 1.42 bits per heavy atom. The zero-order chi connectivity index (χ0) is 13.8. The Kier molecular flexibility index (Phi) is 5.15. The summed E-state index contributed by atoms with van der Waals surface area (Å²) in [6.07, 6.45) is 0. The number of carbonyl (C=O) groups is 1. The highest BCUT2D eigenvalue weighted by Crippen LogP contribution is 2.13. The molecule has 110 valence electrons. The largest absolute Gasteiger partial charge is 0.480 e. The summed E-state index contributed by atoms with van der Waals surface area (Å²) in [7, 11) is 0. The monoisotopic (exact) mass is 271 g/mol. The molecular formula is C13H25N3O3. The molecule has 2 aliphatic heterocycles. The van der Waals surface area contributed by atoms with Gasteiger partial charge in [-0.3, -0.25) is 14.6 Å². The summed E-state index contributed by atoms with van der Waals surface area (Å²) in [4.78, 5) is 15.5. The molecule has 6 nitrogen and oxygen atoms in total. The van der Waals surface area contributed by atoms with E-state index in [9.17, 15) is 4.79 Å². The third kappa shape index (κ3) is 4.14. The second-order valence-corrected chi connectivity index (χ2v) is 5.71. The van der Waals surface area contributed by atoms with Crippen LogP contribution in [0.1, 0.15) is 13.8 Å². The Morgan fingerprint density at radius 3 is 2.89 bits per heavy atom. The highest BCUT2D eigenvalue weighted by atomic mass is 16.5. The van der Waals surface area contributed by atoms with E-state index in [1.807, 2.05) is 0 Å². The van der Waals surface area contributed by atoms with E-state index in [1.54, 1.807) is 0 Å². The number of aliphatic carboxylic acids is 1. The van der Waals surface area contributed by atoms with Gasteiger partial charge in [0, 0.05) is 44.3 Å². The predicted molar refractivity (Wildman–Crippen MR) is 72.3 cm³/mol. The van der Waals surface area contributed by atoms with Crippen LogP contribution in [0, 0.1) is 0 Å². The number of carboxylic acids is 1. The molecule has 0 unspecified atom stereocenters. The molecule has 19 heavy (non-hydrogen) atoms. The van der Waals surface area contributed by atoms with Crippen LogP contribution in [-0.4, -0.2) is 84.9 Å². The summed E-state index contributed by atoms with van der Waals surface area (Å²) >= 11 is 0. The Bertz CT molecular complexity index is 314. The van der Waals surface area contributed by atoms with Crippen LogP contribution >= 0.6 is 0 Å². The number of carboxylic acid groups (broad SMARTS) is 1. The third-order valence-electron chi connectivity index (χ3n) is 4.02. The van der Waals surface area contributed by atoms with Crippen LogP contribution in [0.5, 0.6) is 0 Å². The molecule has 2 saturated heterocycles. The van der Waals surface area contributed by atoms with Crippen LogP contribution in [0.3, 0.4) is 0 Å². The molecule has 0 amide bonds. The molecule has 0 aromatic carbocycles. The van der Waals surface area contributed by atoms with Crippen LogP contribution in [0.4, 0.5) is 0 Å². The fraction of sp³-hybridized carbons (Fsp3) is 0.923. The molecule has 0 radical (unpaired) electrons. The second kappa shape index (κ2) is 6.65. The SMILES string of the molecule is C[C@@H]1CN(CC(=O)O)[C@@H](CN2CCOC[C@H]2C)CN1. The van der Waals surface area contributed by atoms with Crippen molar-refractivity contribution in [3.8, 4) is 0 Å². The maximum atomic E-state index is 11.0. The van der Waals surface area contributed by atoms with Gasteiger partial charge in [-0.15, -0.1) is 0 Å². The Balaban J connectivity index is 1.93. The number of rotatable bonds is 4. The highest BCUT2D eigenvalue weighted by Gasteiger charge is 2.30. The van der Waals surface area contributed by atoms with E-state index in [0.717, 1.165) is 39.4 Å². The zero-order valence-corrected chi connectivity index (χ0v) is 11.8. The van der Waals surface area contributed by atoms with Gasteiger partial charge in [-0.1, -0.05) is 0 Å². The number of ether oxygens (including phenoxy) is 1. The molecule has 0 saturated carbocycles. The van der Waals surface area contributed by atoms with Crippen molar-refractivity contribution in [1.29, 1.82) is 0 Å². The lowest BCUT2D eigenvalue weighted by Gasteiger charge is -2.43. The molecule has 2 aliphatic rings. The number of nitrogens with one attached hydrogen (secondary N) is 1. The molecule has 0 aliphatic carbocycles. The number of nitrogens with zero attached hydrogens (tertiary/aromatic N) is 2. The van der Waals surface area contributed by atoms with Crippen LogP contribution in [0.15, 0.2) is 0 Å². The molecule has 0 aromatic rings. The lowest BCUT2D eigenvalue weighted by atomic mass is 10.1. The standard InChI is InChI=1S/C13H25N3O3/c1-10-6-16(8-13(17)18)12(5-14-10)7-15-3-4-19-9-11(15)2/h10-12,14H,3-9H2,1-2H3,(H,17,18)/t10-,11-,12-/m1/s1. The third-order valence-corrected chi connectivity index (χ3v) is 4.02. The van der Waals surface area contributed by atoms with E-state index in [4.69, 9.17) is 9.84 Å². The number of piperazine rings is 1. The highest BCUT2D eigenvalue weighted by molar-refractivity contribution is 5.69. The van der Waals surface area contributed by atoms with Crippen molar-refractivity contribution < 1.29 is 14.6 Å². The van der Waals surface area contributed by atoms with Crippen molar-refractivity contribution in [2.24, 2.45) is 0 Å². The normalized spacial score (nSPS) is 34.3. The fourth-order valence-electron chi connectivity index (χ4n) is 2.88. The van der Waals surface area contributed by atoms with Gasteiger partial charge >= 0.3 is 5.97 Å². The van der Waals surface area contributed by atoms with Gasteiger partial charge in [-0.05, 0) is 13.8 Å². The van der Waals surface area contributed by atoms with Gasteiger partial charge in [-0.25, -0.2) is 0 Å². The van der Waals surface area contributed by atoms with E-state index < -0.39 is 5.97 Å². The van der Waals surface area contributed by atoms with Gasteiger partial charge in [0.15, 0.2) is 0 Å². The molecular weight excluding hydrogens is 246 g/mol. The van der Waals surface area contributed by atoms with Crippen molar-refractivity contribution in [3.05, 3.63) is 0 Å². The van der Waals surface area contributed by atoms with Gasteiger partial charge in [0.2, 0.25) is 0 Å². The smallest absolute Gasteiger partial charge is 0.317 e. The molecule has 0 bridgehead atoms. The van der Waals surface area contributed by atoms with Crippen molar-refractivity contribution in [3.63, 3.8) is 0 Å². The topological polar surface area (TPSA) is 65.0 Å². The van der Waals surface area contributed by atoms with Gasteiger partial charge in [-0.2, -0.15) is 0 Å². The molecule has 0 aromatic heterocycles. The molecule has 2 rings (SSSR count). The molecule has 3 atom stereocenters. The molecule has 2 fully saturated rings. The van der Waals surface area contributed by atoms with E-state index >= 15 is 0 Å². The van der Waals surface area contributed by atoms with Gasteiger partial charge < -0.3 is 15.2 Å². The lowest BCUT2D eigenvalue weighted by molar-refractivity contribution is -0.139. The minimum Gasteiger partial charge on any atom is -0.480 e. The van der Waals surface area contributed by atoms with Crippen molar-refractivity contribution in [2.45, 2.75) is 32.0 Å². The van der Waals surface area contributed by atoms with Crippen LogP contribution < -0.4 is 5.32 Å². The molecule has 6 heteroatoms. The first-order chi connectivity index (χ1) is 9.06. The summed E-state index contributed by atoms with van der Waals surface area (Å²) in [5, 5.41) is 12.5. The van der Waals surface area contributed by atoms with Crippen LogP contribution in [0.25, 0.3) is 0 Å². The van der Waals surface area contributed by atoms with Gasteiger partial charge in [0.05, 0.1) is 19.8 Å². The lowest BCUT2D eigenvalue weighted by Crippen LogP contribution is -2.61. The number of hydrogen-bond donors (Lipinski definition) is 2. The second-order valence-electron chi connectivity index (χ2n) is 5.71. The first-order valence-electron chi connectivity index (χ1n) is 7.07. The minimum atomic E-state index is -0.742. The Labute approximate surface area is 114 Å². The number of morpholine rings is 1. The van der Waals surface area contributed by atoms with E-state index in [2.05, 4.69) is 29.0 Å². The average Bonchev–Trinajstić information content (AvgIpc) is 2.34. The minimum absolute atomic E-state index is 0.134. The summed E-state index contributed by atoms with van der Waals surface area (Å²) in [5.74, 6) is -0.742. The van der Waals surface area contributed by atoms with Crippen molar-refractivity contribution in [2.75, 3.05) is 45.9 Å². The van der Waals surface area contributed by atoms with E-state index in [0.29, 0.717) is 12.1 Å². The van der Waals surface area contributed by atoms with Crippen LogP contribution in [0.2, 0.25) is 0 Å².